The van der Waals surface area contributed by atoms with E-state index in [1.54, 1.807) is 18.9 Å². The van der Waals surface area contributed by atoms with Gasteiger partial charge >= 0.3 is 0 Å². The number of amides is 1. The summed E-state index contributed by atoms with van der Waals surface area (Å²) in [5.74, 6) is 1.54. The molecule has 5 heteroatoms. The van der Waals surface area contributed by atoms with E-state index in [9.17, 15) is 4.79 Å². The molecule has 1 aromatic carbocycles. The quantitative estimate of drug-likeness (QED) is 0.515. The third-order valence-corrected chi connectivity index (χ3v) is 4.60. The molecule has 0 aliphatic rings. The maximum Gasteiger partial charge on any atom is 0.237 e. The van der Waals surface area contributed by atoms with Crippen LogP contribution in [0.25, 0.3) is 0 Å². The SMILES string of the molecule is CCCNC(C)(CCCSc1ccccc1OC)C(N)=O. The van der Waals surface area contributed by atoms with E-state index in [4.69, 9.17) is 10.5 Å². The largest absolute Gasteiger partial charge is 0.496 e. The smallest absolute Gasteiger partial charge is 0.237 e. The van der Waals surface area contributed by atoms with Gasteiger partial charge in [0, 0.05) is 4.90 Å². The molecular weight excluding hydrogens is 284 g/mol. The Hall–Kier alpha value is -1.20. The van der Waals surface area contributed by atoms with Crippen molar-refractivity contribution in [2.24, 2.45) is 5.73 Å². The predicted molar refractivity (Wildman–Crippen MR) is 88.8 cm³/mol. The standard InChI is InChI=1S/C16H26N2O2S/c1-4-11-18-16(2,15(17)19)10-7-12-21-14-9-6-5-8-13(14)20-3/h5-6,8-9,18H,4,7,10-12H2,1-3H3,(H2,17,19). The molecule has 1 atom stereocenters. The number of para-hydroxylation sites is 1. The van der Waals surface area contributed by atoms with Gasteiger partial charge in [-0.2, -0.15) is 0 Å². The van der Waals surface area contributed by atoms with Crippen LogP contribution < -0.4 is 15.8 Å². The van der Waals surface area contributed by atoms with Crippen molar-refractivity contribution in [1.29, 1.82) is 0 Å². The zero-order valence-corrected chi connectivity index (χ0v) is 14.0. The lowest BCUT2D eigenvalue weighted by atomic mass is 9.95. The highest BCUT2D eigenvalue weighted by Crippen LogP contribution is 2.29. The fourth-order valence-electron chi connectivity index (χ4n) is 2.05. The summed E-state index contributed by atoms with van der Waals surface area (Å²) in [6, 6.07) is 7.97. The minimum atomic E-state index is -0.614. The molecule has 0 fully saturated rings. The Balaban J connectivity index is 2.46. The normalized spacial score (nSPS) is 13.7. The molecule has 0 radical (unpaired) electrons. The van der Waals surface area contributed by atoms with Gasteiger partial charge in [-0.05, 0) is 50.6 Å². The van der Waals surface area contributed by atoms with Crippen LogP contribution in [0.2, 0.25) is 0 Å². The number of nitrogens with two attached hydrogens (primary N) is 1. The Morgan fingerprint density at radius 1 is 1.43 bits per heavy atom. The van der Waals surface area contributed by atoms with Crippen molar-refractivity contribution in [3.63, 3.8) is 0 Å². The monoisotopic (exact) mass is 310 g/mol. The molecule has 3 N–H and O–H groups in total. The molecule has 0 saturated carbocycles. The molecule has 1 rings (SSSR count). The maximum absolute atomic E-state index is 11.6. The van der Waals surface area contributed by atoms with Gasteiger partial charge in [0.15, 0.2) is 0 Å². The van der Waals surface area contributed by atoms with Crippen molar-refractivity contribution < 1.29 is 9.53 Å². The van der Waals surface area contributed by atoms with Crippen molar-refractivity contribution in [1.82, 2.24) is 5.32 Å². The summed E-state index contributed by atoms with van der Waals surface area (Å²) in [6.07, 6.45) is 2.64. The predicted octanol–water partition coefficient (Wildman–Crippen LogP) is 2.81. The molecule has 0 spiro atoms. The summed E-state index contributed by atoms with van der Waals surface area (Å²) < 4.78 is 5.33. The zero-order valence-electron chi connectivity index (χ0n) is 13.1. The highest BCUT2D eigenvalue weighted by atomic mass is 32.2. The number of primary amides is 1. The van der Waals surface area contributed by atoms with Crippen LogP contribution in [-0.4, -0.2) is 30.9 Å². The number of carbonyl (C=O) groups is 1. The number of nitrogens with one attached hydrogen (secondary N) is 1. The molecule has 1 aromatic rings. The first-order chi connectivity index (χ1) is 10.0. The summed E-state index contributed by atoms with van der Waals surface area (Å²) in [4.78, 5) is 12.8. The molecular formula is C16H26N2O2S. The van der Waals surface area contributed by atoms with E-state index in [2.05, 4.69) is 12.2 Å². The summed E-state index contributed by atoms with van der Waals surface area (Å²) >= 11 is 1.74. The van der Waals surface area contributed by atoms with Gasteiger partial charge < -0.3 is 15.8 Å². The zero-order chi connectivity index (χ0) is 15.7. The van der Waals surface area contributed by atoms with Crippen LogP contribution in [0.4, 0.5) is 0 Å². The number of thioether (sulfide) groups is 1. The van der Waals surface area contributed by atoms with Crippen molar-refractivity contribution in [2.75, 3.05) is 19.4 Å². The minimum Gasteiger partial charge on any atom is -0.496 e. The summed E-state index contributed by atoms with van der Waals surface area (Å²) in [5, 5.41) is 3.26. The van der Waals surface area contributed by atoms with Crippen LogP contribution in [-0.2, 0) is 4.79 Å². The number of hydrogen-bond acceptors (Lipinski definition) is 4. The molecule has 0 saturated heterocycles. The number of carbonyl (C=O) groups excluding carboxylic acids is 1. The van der Waals surface area contributed by atoms with Crippen LogP contribution in [0, 0.1) is 0 Å². The Morgan fingerprint density at radius 3 is 2.76 bits per heavy atom. The number of methoxy groups -OCH3 is 1. The lowest BCUT2D eigenvalue weighted by molar-refractivity contribution is -0.124. The average molecular weight is 310 g/mol. The molecule has 0 bridgehead atoms. The van der Waals surface area contributed by atoms with Crippen LogP contribution in [0.15, 0.2) is 29.2 Å². The Labute approximate surface area is 131 Å². The van der Waals surface area contributed by atoms with Gasteiger partial charge in [0.1, 0.15) is 5.75 Å². The van der Waals surface area contributed by atoms with Crippen molar-refractivity contribution in [3.8, 4) is 5.75 Å². The fourth-order valence-corrected chi connectivity index (χ4v) is 3.02. The van der Waals surface area contributed by atoms with E-state index in [1.165, 1.54) is 0 Å². The maximum atomic E-state index is 11.6. The van der Waals surface area contributed by atoms with Crippen molar-refractivity contribution in [3.05, 3.63) is 24.3 Å². The van der Waals surface area contributed by atoms with Gasteiger partial charge in [-0.1, -0.05) is 19.1 Å². The second kappa shape index (κ2) is 8.95. The van der Waals surface area contributed by atoms with Gasteiger partial charge in [0.2, 0.25) is 5.91 Å². The van der Waals surface area contributed by atoms with E-state index in [0.29, 0.717) is 0 Å². The van der Waals surface area contributed by atoms with Gasteiger partial charge in [-0.15, -0.1) is 11.8 Å². The first kappa shape index (κ1) is 17.9. The second-order valence-electron chi connectivity index (χ2n) is 5.23. The van der Waals surface area contributed by atoms with Gasteiger partial charge in [0.25, 0.3) is 0 Å². The Bertz CT molecular complexity index is 454. The molecule has 0 aromatic heterocycles. The van der Waals surface area contributed by atoms with Crippen LogP contribution in [0.3, 0.4) is 0 Å². The van der Waals surface area contributed by atoms with Crippen LogP contribution in [0.1, 0.15) is 33.1 Å². The second-order valence-corrected chi connectivity index (χ2v) is 6.36. The van der Waals surface area contributed by atoms with E-state index in [0.717, 1.165) is 42.2 Å². The van der Waals surface area contributed by atoms with E-state index >= 15 is 0 Å². The van der Waals surface area contributed by atoms with Gasteiger partial charge in [-0.25, -0.2) is 0 Å². The van der Waals surface area contributed by atoms with E-state index in [1.807, 2.05) is 31.2 Å². The molecule has 1 unspecified atom stereocenters. The number of rotatable bonds is 10. The van der Waals surface area contributed by atoms with E-state index < -0.39 is 5.54 Å². The number of hydrogen-bond donors (Lipinski definition) is 2. The molecule has 21 heavy (non-hydrogen) atoms. The number of benzene rings is 1. The lowest BCUT2D eigenvalue weighted by Crippen LogP contribution is -2.53. The molecule has 4 nitrogen and oxygen atoms in total. The topological polar surface area (TPSA) is 64.3 Å². The third-order valence-electron chi connectivity index (χ3n) is 3.46. The highest BCUT2D eigenvalue weighted by Gasteiger charge is 2.29. The Kier molecular flexibility index (Phi) is 7.61. The molecule has 0 aliphatic heterocycles. The summed E-state index contributed by atoms with van der Waals surface area (Å²) in [7, 11) is 1.68. The summed E-state index contributed by atoms with van der Waals surface area (Å²) in [6.45, 7) is 4.77. The fraction of sp³-hybridized carbons (Fsp3) is 0.562. The third kappa shape index (κ3) is 5.59. The first-order valence-electron chi connectivity index (χ1n) is 7.34. The van der Waals surface area contributed by atoms with E-state index in [-0.39, 0.29) is 5.91 Å². The lowest BCUT2D eigenvalue weighted by Gasteiger charge is -2.27. The molecule has 1 amide bonds. The molecule has 0 aliphatic carbocycles. The Morgan fingerprint density at radius 2 is 2.14 bits per heavy atom. The molecule has 118 valence electrons. The van der Waals surface area contributed by atoms with Crippen molar-refractivity contribution in [2.45, 2.75) is 43.5 Å². The van der Waals surface area contributed by atoms with Gasteiger partial charge in [0.05, 0.1) is 12.6 Å². The molecule has 0 heterocycles. The average Bonchev–Trinajstić information content (AvgIpc) is 2.49. The van der Waals surface area contributed by atoms with Crippen LogP contribution in [0.5, 0.6) is 5.75 Å². The number of ether oxygens (including phenoxy) is 1. The summed E-state index contributed by atoms with van der Waals surface area (Å²) in [5.41, 5.74) is 4.91. The van der Waals surface area contributed by atoms with Crippen LogP contribution >= 0.6 is 11.8 Å². The highest BCUT2D eigenvalue weighted by molar-refractivity contribution is 7.99. The van der Waals surface area contributed by atoms with Crippen molar-refractivity contribution >= 4 is 17.7 Å². The first-order valence-corrected chi connectivity index (χ1v) is 8.33. The minimum absolute atomic E-state index is 0.279. The van der Waals surface area contributed by atoms with Gasteiger partial charge in [-0.3, -0.25) is 4.79 Å².